The Balaban J connectivity index is 1.68. The normalized spacial score (nSPS) is 14.1. The summed E-state index contributed by atoms with van der Waals surface area (Å²) in [6.45, 7) is 1.65. The number of hydrogen-bond donors (Lipinski definition) is 1. The molecule has 7 nitrogen and oxygen atoms in total. The highest BCUT2D eigenvalue weighted by Crippen LogP contribution is 2.25. The number of amides is 1. The molecule has 3 rings (SSSR count). The third kappa shape index (κ3) is 4.82. The minimum Gasteiger partial charge on any atom is -0.496 e. The average molecular weight is 404 g/mol. The van der Waals surface area contributed by atoms with Gasteiger partial charge in [-0.2, -0.15) is 0 Å². The molecule has 0 bridgehead atoms. The number of hydrogen-bond acceptors (Lipinski definition) is 5. The molecule has 1 aliphatic heterocycles. The Bertz CT molecular complexity index is 909. The number of para-hydroxylation sites is 1. The zero-order chi connectivity index (χ0) is 20.0. The first-order chi connectivity index (χ1) is 13.5. The fourth-order valence-corrected chi connectivity index (χ4v) is 4.10. The Hall–Kier alpha value is -2.58. The van der Waals surface area contributed by atoms with E-state index in [1.165, 1.54) is 25.3 Å². The van der Waals surface area contributed by atoms with Gasteiger partial charge >= 0.3 is 0 Å². The first kappa shape index (κ1) is 20.2. The van der Waals surface area contributed by atoms with Crippen molar-refractivity contribution in [2.75, 3.05) is 33.4 Å². The van der Waals surface area contributed by atoms with Crippen molar-refractivity contribution in [3.63, 3.8) is 0 Å². The number of carbonyl (C=O) groups excluding carboxylic acids is 1. The van der Waals surface area contributed by atoms with Crippen LogP contribution >= 0.6 is 0 Å². The molecule has 1 N–H and O–H groups in total. The molecule has 2 aromatic rings. The maximum atomic E-state index is 12.7. The number of likely N-dealkylation sites (tertiary alicyclic amines) is 1. The third-order valence-corrected chi connectivity index (χ3v) is 5.97. The maximum Gasteiger partial charge on any atom is 0.257 e. The number of methoxy groups -OCH3 is 1. The lowest BCUT2D eigenvalue weighted by Gasteiger charge is -2.18. The van der Waals surface area contributed by atoms with Gasteiger partial charge in [-0.3, -0.25) is 4.79 Å². The van der Waals surface area contributed by atoms with E-state index in [1.54, 1.807) is 17.0 Å². The third-order valence-electron chi connectivity index (χ3n) is 4.51. The van der Waals surface area contributed by atoms with Crippen molar-refractivity contribution < 1.29 is 22.7 Å². The highest BCUT2D eigenvalue weighted by molar-refractivity contribution is 7.89. The molecule has 0 spiro atoms. The zero-order valence-corrected chi connectivity index (χ0v) is 16.6. The van der Waals surface area contributed by atoms with Crippen LogP contribution in [0.25, 0.3) is 0 Å². The van der Waals surface area contributed by atoms with E-state index < -0.39 is 10.0 Å². The van der Waals surface area contributed by atoms with Crippen molar-refractivity contribution in [2.45, 2.75) is 17.7 Å². The van der Waals surface area contributed by atoms with E-state index in [9.17, 15) is 13.2 Å². The second kappa shape index (κ2) is 9.07. The molecule has 8 heteroatoms. The molecule has 150 valence electrons. The van der Waals surface area contributed by atoms with Crippen molar-refractivity contribution >= 4 is 15.9 Å². The van der Waals surface area contributed by atoms with Gasteiger partial charge < -0.3 is 14.4 Å². The van der Waals surface area contributed by atoms with Crippen LogP contribution in [-0.2, 0) is 10.0 Å². The summed E-state index contributed by atoms with van der Waals surface area (Å²) in [4.78, 5) is 14.5. The monoisotopic (exact) mass is 404 g/mol. The van der Waals surface area contributed by atoms with Crippen LogP contribution in [0.4, 0.5) is 0 Å². The van der Waals surface area contributed by atoms with Crippen molar-refractivity contribution in [3.8, 4) is 11.5 Å². The van der Waals surface area contributed by atoms with Gasteiger partial charge in [-0.05, 0) is 43.2 Å². The number of sulfonamides is 1. The Morgan fingerprint density at radius 1 is 1.11 bits per heavy atom. The van der Waals surface area contributed by atoms with E-state index in [4.69, 9.17) is 9.47 Å². The number of nitrogens with zero attached hydrogens (tertiary/aromatic N) is 1. The minimum absolute atomic E-state index is 0.0237. The first-order valence-electron chi connectivity index (χ1n) is 9.16. The van der Waals surface area contributed by atoms with Gasteiger partial charge in [0, 0.05) is 19.6 Å². The number of rotatable bonds is 8. The molecule has 0 aliphatic carbocycles. The van der Waals surface area contributed by atoms with E-state index in [0.717, 1.165) is 12.8 Å². The summed E-state index contributed by atoms with van der Waals surface area (Å²) < 4.78 is 38.5. The van der Waals surface area contributed by atoms with Crippen molar-refractivity contribution in [2.24, 2.45) is 0 Å². The summed E-state index contributed by atoms with van der Waals surface area (Å²) >= 11 is 0. The summed E-state index contributed by atoms with van der Waals surface area (Å²) in [6, 6.07) is 13.5. The molecule has 0 unspecified atom stereocenters. The lowest BCUT2D eigenvalue weighted by molar-refractivity contribution is 0.0789. The zero-order valence-electron chi connectivity index (χ0n) is 15.8. The number of nitrogens with one attached hydrogen (secondary N) is 1. The van der Waals surface area contributed by atoms with Crippen LogP contribution in [0.3, 0.4) is 0 Å². The van der Waals surface area contributed by atoms with Gasteiger partial charge in [0.1, 0.15) is 18.1 Å². The average Bonchev–Trinajstić information content (AvgIpc) is 3.26. The molecule has 1 saturated heterocycles. The highest BCUT2D eigenvalue weighted by Gasteiger charge is 2.25. The first-order valence-corrected chi connectivity index (χ1v) is 10.6. The molecule has 0 aromatic heterocycles. The lowest BCUT2D eigenvalue weighted by atomic mass is 10.1. The number of ether oxygens (including phenoxy) is 2. The SMILES string of the molecule is COc1ccc(S(=O)(=O)NCCOc2ccccc2)cc1C(=O)N1CCCC1. The quantitative estimate of drug-likeness (QED) is 0.683. The molecule has 1 heterocycles. The van der Waals surface area contributed by atoms with E-state index in [2.05, 4.69) is 4.72 Å². The van der Waals surface area contributed by atoms with Crippen molar-refractivity contribution in [1.82, 2.24) is 9.62 Å². The van der Waals surface area contributed by atoms with Gasteiger partial charge in [0.2, 0.25) is 10.0 Å². The second-order valence-corrected chi connectivity index (χ2v) is 8.19. The van der Waals surface area contributed by atoms with Crippen LogP contribution in [0.15, 0.2) is 53.4 Å². The van der Waals surface area contributed by atoms with Crippen molar-refractivity contribution in [3.05, 3.63) is 54.1 Å². The van der Waals surface area contributed by atoms with E-state index in [1.807, 2.05) is 18.2 Å². The van der Waals surface area contributed by atoms with Gasteiger partial charge in [-0.15, -0.1) is 0 Å². The van der Waals surface area contributed by atoms with Gasteiger partial charge in [0.25, 0.3) is 5.91 Å². The predicted octanol–water partition coefficient (Wildman–Crippen LogP) is 2.29. The van der Waals surface area contributed by atoms with Crippen LogP contribution < -0.4 is 14.2 Å². The number of benzene rings is 2. The van der Waals surface area contributed by atoms with Crippen LogP contribution in [-0.4, -0.2) is 52.6 Å². The van der Waals surface area contributed by atoms with Gasteiger partial charge in [0.05, 0.1) is 17.6 Å². The molecular weight excluding hydrogens is 380 g/mol. The second-order valence-electron chi connectivity index (χ2n) is 6.42. The molecule has 0 radical (unpaired) electrons. The smallest absolute Gasteiger partial charge is 0.257 e. The molecule has 1 amide bonds. The molecule has 28 heavy (non-hydrogen) atoms. The molecular formula is C20H24N2O5S. The maximum absolute atomic E-state index is 12.7. The van der Waals surface area contributed by atoms with E-state index in [0.29, 0.717) is 24.6 Å². The topological polar surface area (TPSA) is 84.9 Å². The molecule has 1 aliphatic rings. The predicted molar refractivity (Wildman–Crippen MR) is 105 cm³/mol. The fourth-order valence-electron chi connectivity index (χ4n) is 3.06. The van der Waals surface area contributed by atoms with Crippen LogP contribution in [0.5, 0.6) is 11.5 Å². The van der Waals surface area contributed by atoms with E-state index >= 15 is 0 Å². The summed E-state index contributed by atoms with van der Waals surface area (Å²) in [6.07, 6.45) is 1.91. The molecule has 0 atom stereocenters. The largest absolute Gasteiger partial charge is 0.496 e. The number of carbonyl (C=O) groups is 1. The summed E-state index contributed by atoms with van der Waals surface area (Å²) in [5.74, 6) is 0.826. The summed E-state index contributed by atoms with van der Waals surface area (Å²) in [7, 11) is -2.31. The Labute approximate surface area is 165 Å². The Morgan fingerprint density at radius 3 is 2.50 bits per heavy atom. The van der Waals surface area contributed by atoms with Crippen LogP contribution in [0, 0.1) is 0 Å². The molecule has 1 fully saturated rings. The van der Waals surface area contributed by atoms with Gasteiger partial charge in [-0.25, -0.2) is 13.1 Å². The van der Waals surface area contributed by atoms with Gasteiger partial charge in [-0.1, -0.05) is 18.2 Å². The van der Waals surface area contributed by atoms with E-state index in [-0.39, 0.29) is 29.5 Å². The van der Waals surface area contributed by atoms with Crippen LogP contribution in [0.2, 0.25) is 0 Å². The van der Waals surface area contributed by atoms with Crippen molar-refractivity contribution in [1.29, 1.82) is 0 Å². The Morgan fingerprint density at radius 2 is 1.82 bits per heavy atom. The summed E-state index contributed by atoms with van der Waals surface area (Å²) in [5.41, 5.74) is 0.257. The van der Waals surface area contributed by atoms with Crippen LogP contribution in [0.1, 0.15) is 23.2 Å². The Kier molecular flexibility index (Phi) is 6.53. The standard InChI is InChI=1S/C20H24N2O5S/c1-26-19-10-9-17(15-18(19)20(23)22-12-5-6-13-22)28(24,25)21-11-14-27-16-7-3-2-4-8-16/h2-4,7-10,15,21H,5-6,11-14H2,1H3. The summed E-state index contributed by atoms with van der Waals surface area (Å²) in [5, 5.41) is 0. The molecule has 2 aromatic carbocycles. The van der Waals surface area contributed by atoms with Gasteiger partial charge in [0.15, 0.2) is 0 Å². The lowest BCUT2D eigenvalue weighted by Crippen LogP contribution is -2.30. The molecule has 0 saturated carbocycles. The minimum atomic E-state index is -3.78. The fraction of sp³-hybridized carbons (Fsp3) is 0.350. The highest BCUT2D eigenvalue weighted by atomic mass is 32.2.